The number of rotatable bonds is 3. The van der Waals surface area contributed by atoms with Crippen LogP contribution in [0.4, 0.5) is 0 Å². The SMILES string of the molecule is Cc1ccc(CC(=O)N(C)C2CCC(N)CC2)cc1. The van der Waals surface area contributed by atoms with Crippen molar-refractivity contribution in [3.63, 3.8) is 0 Å². The summed E-state index contributed by atoms with van der Waals surface area (Å²) in [6, 6.07) is 8.90. The van der Waals surface area contributed by atoms with Crippen molar-refractivity contribution in [2.75, 3.05) is 7.05 Å². The van der Waals surface area contributed by atoms with E-state index in [-0.39, 0.29) is 5.91 Å². The van der Waals surface area contributed by atoms with Crippen molar-refractivity contribution in [3.8, 4) is 0 Å². The van der Waals surface area contributed by atoms with Crippen molar-refractivity contribution < 1.29 is 4.79 Å². The van der Waals surface area contributed by atoms with Crippen molar-refractivity contribution >= 4 is 5.91 Å². The molecule has 2 rings (SSSR count). The summed E-state index contributed by atoms with van der Waals surface area (Å²) in [7, 11) is 1.93. The number of likely N-dealkylation sites (N-methyl/N-ethyl adjacent to an activating group) is 1. The number of carbonyl (C=O) groups excluding carboxylic acids is 1. The highest BCUT2D eigenvalue weighted by Crippen LogP contribution is 2.21. The molecule has 2 N–H and O–H groups in total. The maximum absolute atomic E-state index is 12.3. The minimum atomic E-state index is 0.212. The third-order valence-corrected chi connectivity index (χ3v) is 4.16. The molecule has 0 unspecified atom stereocenters. The molecule has 19 heavy (non-hydrogen) atoms. The van der Waals surface area contributed by atoms with E-state index in [0.717, 1.165) is 31.2 Å². The highest BCUT2D eigenvalue weighted by Gasteiger charge is 2.24. The van der Waals surface area contributed by atoms with Gasteiger partial charge in [0.1, 0.15) is 0 Å². The summed E-state index contributed by atoms with van der Waals surface area (Å²) < 4.78 is 0. The third-order valence-electron chi connectivity index (χ3n) is 4.16. The van der Waals surface area contributed by atoms with Crippen molar-refractivity contribution in [2.24, 2.45) is 5.73 Å². The molecule has 1 aliphatic carbocycles. The van der Waals surface area contributed by atoms with E-state index < -0.39 is 0 Å². The van der Waals surface area contributed by atoms with Crippen molar-refractivity contribution in [1.82, 2.24) is 4.90 Å². The average molecular weight is 260 g/mol. The molecule has 0 atom stereocenters. The smallest absolute Gasteiger partial charge is 0.226 e. The first-order chi connectivity index (χ1) is 9.06. The molecule has 1 saturated carbocycles. The Morgan fingerprint density at radius 2 is 1.79 bits per heavy atom. The quantitative estimate of drug-likeness (QED) is 0.906. The molecule has 1 fully saturated rings. The van der Waals surface area contributed by atoms with Crippen LogP contribution in [0.1, 0.15) is 36.8 Å². The molecule has 0 radical (unpaired) electrons. The van der Waals surface area contributed by atoms with E-state index in [4.69, 9.17) is 5.73 Å². The molecule has 0 aliphatic heterocycles. The molecule has 3 nitrogen and oxygen atoms in total. The Morgan fingerprint density at radius 1 is 1.21 bits per heavy atom. The minimum absolute atomic E-state index is 0.212. The Labute approximate surface area is 115 Å². The summed E-state index contributed by atoms with van der Waals surface area (Å²) in [6.45, 7) is 2.06. The van der Waals surface area contributed by atoms with Crippen molar-refractivity contribution in [1.29, 1.82) is 0 Å². The number of amides is 1. The summed E-state index contributed by atoms with van der Waals surface area (Å²) in [5, 5.41) is 0. The molecule has 0 bridgehead atoms. The van der Waals surface area contributed by atoms with Crippen LogP contribution in [0.15, 0.2) is 24.3 Å². The number of nitrogens with two attached hydrogens (primary N) is 1. The Morgan fingerprint density at radius 3 is 2.37 bits per heavy atom. The molecular formula is C16H24N2O. The Kier molecular flexibility index (Phi) is 4.59. The molecule has 0 heterocycles. The molecule has 1 aromatic carbocycles. The van der Waals surface area contributed by atoms with Crippen LogP contribution in [0, 0.1) is 6.92 Å². The third kappa shape index (κ3) is 3.80. The molecule has 1 aliphatic rings. The second-order valence-corrected chi connectivity index (χ2v) is 5.74. The lowest BCUT2D eigenvalue weighted by molar-refractivity contribution is -0.131. The largest absolute Gasteiger partial charge is 0.342 e. The first kappa shape index (κ1) is 14.1. The fourth-order valence-electron chi connectivity index (χ4n) is 2.70. The summed E-state index contributed by atoms with van der Waals surface area (Å²) in [5.41, 5.74) is 8.23. The molecule has 0 spiro atoms. The van der Waals surface area contributed by atoms with Crippen LogP contribution in [0.3, 0.4) is 0 Å². The fraction of sp³-hybridized carbons (Fsp3) is 0.562. The van der Waals surface area contributed by atoms with Gasteiger partial charge in [0, 0.05) is 19.1 Å². The van der Waals surface area contributed by atoms with Gasteiger partial charge in [0.15, 0.2) is 0 Å². The Balaban J connectivity index is 1.90. The summed E-state index contributed by atoms with van der Waals surface area (Å²) in [6.07, 6.45) is 4.65. The fourth-order valence-corrected chi connectivity index (χ4v) is 2.70. The van der Waals surface area contributed by atoms with E-state index in [2.05, 4.69) is 19.1 Å². The lowest BCUT2D eigenvalue weighted by Gasteiger charge is -2.33. The topological polar surface area (TPSA) is 46.3 Å². The van der Waals surface area contributed by atoms with E-state index in [0.29, 0.717) is 18.5 Å². The standard InChI is InChI=1S/C16H24N2O/c1-12-3-5-13(6-4-12)11-16(19)18(2)15-9-7-14(17)8-10-15/h3-6,14-15H,7-11,17H2,1-2H3. The summed E-state index contributed by atoms with van der Waals surface area (Å²) >= 11 is 0. The van der Waals surface area contributed by atoms with E-state index in [9.17, 15) is 4.79 Å². The van der Waals surface area contributed by atoms with E-state index >= 15 is 0 Å². The van der Waals surface area contributed by atoms with Gasteiger partial charge in [0.2, 0.25) is 5.91 Å². The molecule has 1 aromatic rings. The van der Waals surface area contributed by atoms with Crippen LogP contribution >= 0.6 is 0 Å². The van der Waals surface area contributed by atoms with Gasteiger partial charge in [-0.3, -0.25) is 4.79 Å². The predicted molar refractivity (Wildman–Crippen MR) is 77.9 cm³/mol. The molecule has 104 valence electrons. The molecule has 0 aromatic heterocycles. The van der Waals surface area contributed by atoms with E-state index in [1.807, 2.05) is 24.1 Å². The van der Waals surface area contributed by atoms with Gasteiger partial charge in [-0.1, -0.05) is 29.8 Å². The molecule has 0 saturated heterocycles. The second-order valence-electron chi connectivity index (χ2n) is 5.74. The zero-order valence-corrected chi connectivity index (χ0v) is 11.9. The zero-order chi connectivity index (χ0) is 13.8. The lowest BCUT2D eigenvalue weighted by atomic mass is 9.91. The Hall–Kier alpha value is -1.35. The van der Waals surface area contributed by atoms with Gasteiger partial charge >= 0.3 is 0 Å². The molecular weight excluding hydrogens is 236 g/mol. The highest BCUT2D eigenvalue weighted by molar-refractivity contribution is 5.78. The molecule has 3 heteroatoms. The first-order valence-corrected chi connectivity index (χ1v) is 7.13. The number of nitrogens with zero attached hydrogens (tertiary/aromatic N) is 1. The van der Waals surface area contributed by atoms with Gasteiger partial charge in [0.05, 0.1) is 6.42 Å². The van der Waals surface area contributed by atoms with Crippen LogP contribution in [0.5, 0.6) is 0 Å². The lowest BCUT2D eigenvalue weighted by Crippen LogP contribution is -2.42. The maximum Gasteiger partial charge on any atom is 0.226 e. The molecule has 1 amide bonds. The van der Waals surface area contributed by atoms with Crippen molar-refractivity contribution in [2.45, 2.75) is 51.1 Å². The monoisotopic (exact) mass is 260 g/mol. The minimum Gasteiger partial charge on any atom is -0.342 e. The van der Waals surface area contributed by atoms with Crippen LogP contribution in [-0.4, -0.2) is 29.9 Å². The van der Waals surface area contributed by atoms with Crippen LogP contribution in [-0.2, 0) is 11.2 Å². The van der Waals surface area contributed by atoms with Gasteiger partial charge in [-0.2, -0.15) is 0 Å². The first-order valence-electron chi connectivity index (χ1n) is 7.13. The number of aryl methyl sites for hydroxylation is 1. The highest BCUT2D eigenvalue weighted by atomic mass is 16.2. The number of hydrogen-bond donors (Lipinski definition) is 1. The van der Waals surface area contributed by atoms with Gasteiger partial charge in [-0.05, 0) is 38.2 Å². The van der Waals surface area contributed by atoms with Crippen molar-refractivity contribution in [3.05, 3.63) is 35.4 Å². The van der Waals surface area contributed by atoms with Crippen LogP contribution in [0.25, 0.3) is 0 Å². The normalized spacial score (nSPS) is 23.1. The van der Waals surface area contributed by atoms with Crippen LogP contribution < -0.4 is 5.73 Å². The number of hydrogen-bond acceptors (Lipinski definition) is 2. The van der Waals surface area contributed by atoms with E-state index in [1.165, 1.54) is 5.56 Å². The van der Waals surface area contributed by atoms with Gasteiger partial charge in [-0.25, -0.2) is 0 Å². The Bertz CT molecular complexity index is 419. The average Bonchev–Trinajstić information content (AvgIpc) is 2.41. The van der Waals surface area contributed by atoms with Crippen LogP contribution in [0.2, 0.25) is 0 Å². The summed E-state index contributed by atoms with van der Waals surface area (Å²) in [4.78, 5) is 14.2. The van der Waals surface area contributed by atoms with Gasteiger partial charge in [-0.15, -0.1) is 0 Å². The second kappa shape index (κ2) is 6.20. The number of benzene rings is 1. The van der Waals surface area contributed by atoms with Gasteiger partial charge < -0.3 is 10.6 Å². The summed E-state index contributed by atoms with van der Waals surface area (Å²) in [5.74, 6) is 0.212. The number of carbonyl (C=O) groups is 1. The van der Waals surface area contributed by atoms with E-state index in [1.54, 1.807) is 0 Å². The van der Waals surface area contributed by atoms with Gasteiger partial charge in [0.25, 0.3) is 0 Å². The zero-order valence-electron chi connectivity index (χ0n) is 11.9. The predicted octanol–water partition coefficient (Wildman–Crippen LogP) is 2.27. The maximum atomic E-state index is 12.3.